The summed E-state index contributed by atoms with van der Waals surface area (Å²) in [6, 6.07) is 0. The van der Waals surface area contributed by atoms with Gasteiger partial charge in [0.1, 0.15) is 0 Å². The summed E-state index contributed by atoms with van der Waals surface area (Å²) >= 11 is 0. The van der Waals surface area contributed by atoms with Crippen molar-refractivity contribution < 1.29 is 19.1 Å². The molecule has 0 saturated heterocycles. The maximum absolute atomic E-state index is 11.7. The molecular weight excluding hydrogens is 376 g/mol. The van der Waals surface area contributed by atoms with E-state index < -0.39 is 0 Å². The molecule has 30 heavy (non-hydrogen) atoms. The summed E-state index contributed by atoms with van der Waals surface area (Å²) in [5.74, 6) is -0.319. The smallest absolute Gasteiger partial charge is 0.305 e. The van der Waals surface area contributed by atoms with Crippen molar-refractivity contribution in [3.63, 3.8) is 0 Å². The molecule has 0 rings (SSSR count). The first-order valence-electron chi connectivity index (χ1n) is 12.7. The largest absolute Gasteiger partial charge is 0.466 e. The molecule has 0 heterocycles. The second kappa shape index (κ2) is 24.0. The molecule has 0 aliphatic heterocycles. The first-order chi connectivity index (χ1) is 14.7. The standard InChI is InChI=1S/C26H48O4/c1-3-5-7-9-10-11-12-13-14-15-16-20-24-30-26(28)22-18-17-21-25(27)29-23-19-8-6-4-2/h6,8H,3-5,7,9-24H2,1-2H3/b8-6-. The topological polar surface area (TPSA) is 52.6 Å². The second-order valence-electron chi connectivity index (χ2n) is 8.21. The second-order valence-corrected chi connectivity index (χ2v) is 8.21. The third kappa shape index (κ3) is 23.0. The number of carbonyl (C=O) groups is 2. The average molecular weight is 425 g/mol. The lowest BCUT2D eigenvalue weighted by atomic mass is 10.1. The van der Waals surface area contributed by atoms with Crippen LogP contribution in [0.5, 0.6) is 0 Å². The molecule has 0 fully saturated rings. The van der Waals surface area contributed by atoms with E-state index >= 15 is 0 Å². The van der Waals surface area contributed by atoms with E-state index in [-0.39, 0.29) is 11.9 Å². The van der Waals surface area contributed by atoms with Crippen molar-refractivity contribution >= 4 is 11.9 Å². The van der Waals surface area contributed by atoms with Gasteiger partial charge in [-0.3, -0.25) is 9.59 Å². The lowest BCUT2D eigenvalue weighted by Gasteiger charge is -2.06. The summed E-state index contributed by atoms with van der Waals surface area (Å²) in [6.07, 6.45) is 23.6. The maximum atomic E-state index is 11.7. The third-order valence-electron chi connectivity index (χ3n) is 5.22. The maximum Gasteiger partial charge on any atom is 0.305 e. The number of ether oxygens (including phenoxy) is 2. The molecule has 0 aromatic carbocycles. The molecule has 0 saturated carbocycles. The molecule has 4 nitrogen and oxygen atoms in total. The van der Waals surface area contributed by atoms with E-state index in [2.05, 4.69) is 19.9 Å². The lowest BCUT2D eigenvalue weighted by Crippen LogP contribution is -2.07. The number of hydrogen-bond acceptors (Lipinski definition) is 4. The summed E-state index contributed by atoms with van der Waals surface area (Å²) in [5.41, 5.74) is 0. The minimum absolute atomic E-state index is 0.142. The van der Waals surface area contributed by atoms with Gasteiger partial charge in [0.25, 0.3) is 0 Å². The zero-order chi connectivity index (χ0) is 22.1. The fourth-order valence-corrected chi connectivity index (χ4v) is 3.34. The average Bonchev–Trinajstić information content (AvgIpc) is 2.74. The molecule has 0 amide bonds. The zero-order valence-corrected chi connectivity index (χ0v) is 19.9. The Morgan fingerprint density at radius 1 is 0.567 bits per heavy atom. The molecule has 0 spiro atoms. The van der Waals surface area contributed by atoms with Gasteiger partial charge in [-0.2, -0.15) is 0 Å². The number of esters is 2. The van der Waals surface area contributed by atoms with Gasteiger partial charge in [0.05, 0.1) is 13.2 Å². The molecule has 0 bridgehead atoms. The van der Waals surface area contributed by atoms with Crippen LogP contribution in [0.25, 0.3) is 0 Å². The number of carbonyl (C=O) groups excluding carboxylic acids is 2. The molecule has 0 radical (unpaired) electrons. The highest BCUT2D eigenvalue weighted by Gasteiger charge is 2.06. The molecule has 0 aromatic heterocycles. The van der Waals surface area contributed by atoms with E-state index in [1.54, 1.807) is 0 Å². The monoisotopic (exact) mass is 424 g/mol. The fraction of sp³-hybridized carbons (Fsp3) is 0.846. The van der Waals surface area contributed by atoms with Crippen LogP contribution in [0.2, 0.25) is 0 Å². The molecular formula is C26H48O4. The number of unbranched alkanes of at least 4 members (excludes halogenated alkanes) is 12. The SMILES string of the molecule is CC/C=C\CCOC(=O)CCCCC(=O)OCCCCCCCCCCCCCC. The van der Waals surface area contributed by atoms with E-state index in [0.29, 0.717) is 38.9 Å². The molecule has 0 unspecified atom stereocenters. The van der Waals surface area contributed by atoms with Crippen LogP contribution in [0.3, 0.4) is 0 Å². The normalized spacial score (nSPS) is 11.1. The van der Waals surface area contributed by atoms with Crippen molar-refractivity contribution in [1.82, 2.24) is 0 Å². The van der Waals surface area contributed by atoms with Crippen molar-refractivity contribution in [2.24, 2.45) is 0 Å². The van der Waals surface area contributed by atoms with Crippen LogP contribution in [-0.2, 0) is 19.1 Å². The van der Waals surface area contributed by atoms with Crippen LogP contribution in [0.15, 0.2) is 12.2 Å². The van der Waals surface area contributed by atoms with Gasteiger partial charge < -0.3 is 9.47 Å². The van der Waals surface area contributed by atoms with Gasteiger partial charge in [-0.1, -0.05) is 96.6 Å². The van der Waals surface area contributed by atoms with E-state index in [9.17, 15) is 9.59 Å². The van der Waals surface area contributed by atoms with Crippen LogP contribution < -0.4 is 0 Å². The van der Waals surface area contributed by atoms with Crippen LogP contribution in [-0.4, -0.2) is 25.2 Å². The Bertz CT molecular complexity index is 417. The first kappa shape index (κ1) is 28.7. The van der Waals surface area contributed by atoms with E-state index in [1.807, 2.05) is 6.08 Å². The Morgan fingerprint density at radius 2 is 1.03 bits per heavy atom. The molecule has 0 atom stereocenters. The summed E-state index contributed by atoms with van der Waals surface area (Å²) < 4.78 is 10.4. The van der Waals surface area contributed by atoms with Crippen molar-refractivity contribution in [1.29, 1.82) is 0 Å². The Hall–Kier alpha value is -1.32. The molecule has 0 aromatic rings. The number of rotatable bonds is 22. The minimum Gasteiger partial charge on any atom is -0.466 e. The summed E-state index contributed by atoms with van der Waals surface area (Å²) in [5, 5.41) is 0. The van der Waals surface area contributed by atoms with Gasteiger partial charge in [0.2, 0.25) is 0 Å². The van der Waals surface area contributed by atoms with Crippen molar-refractivity contribution in [3.05, 3.63) is 12.2 Å². The van der Waals surface area contributed by atoms with Gasteiger partial charge in [-0.05, 0) is 32.1 Å². The van der Waals surface area contributed by atoms with E-state index in [1.165, 1.54) is 64.2 Å². The fourth-order valence-electron chi connectivity index (χ4n) is 3.34. The minimum atomic E-state index is -0.176. The molecule has 4 heteroatoms. The Kier molecular flexibility index (Phi) is 22.9. The van der Waals surface area contributed by atoms with Gasteiger partial charge in [0, 0.05) is 12.8 Å². The van der Waals surface area contributed by atoms with Gasteiger partial charge in [0.15, 0.2) is 0 Å². The van der Waals surface area contributed by atoms with Crippen LogP contribution in [0.4, 0.5) is 0 Å². The highest BCUT2D eigenvalue weighted by atomic mass is 16.5. The van der Waals surface area contributed by atoms with Crippen molar-refractivity contribution in [2.75, 3.05) is 13.2 Å². The molecule has 0 N–H and O–H groups in total. The quantitative estimate of drug-likeness (QED) is 0.101. The van der Waals surface area contributed by atoms with E-state index in [4.69, 9.17) is 9.47 Å². The lowest BCUT2D eigenvalue weighted by molar-refractivity contribution is -0.145. The first-order valence-corrected chi connectivity index (χ1v) is 12.7. The van der Waals surface area contributed by atoms with Gasteiger partial charge >= 0.3 is 11.9 Å². The van der Waals surface area contributed by atoms with Crippen LogP contribution in [0.1, 0.15) is 129 Å². The predicted octanol–water partition coefficient (Wildman–Crippen LogP) is 7.69. The van der Waals surface area contributed by atoms with Crippen LogP contribution >= 0.6 is 0 Å². The Balaban J connectivity index is 3.28. The molecule has 0 aliphatic carbocycles. The summed E-state index contributed by atoms with van der Waals surface area (Å²) in [4.78, 5) is 23.3. The zero-order valence-electron chi connectivity index (χ0n) is 19.9. The Morgan fingerprint density at radius 3 is 1.53 bits per heavy atom. The third-order valence-corrected chi connectivity index (χ3v) is 5.22. The molecule has 0 aliphatic rings. The van der Waals surface area contributed by atoms with Gasteiger partial charge in [-0.15, -0.1) is 0 Å². The van der Waals surface area contributed by atoms with E-state index in [0.717, 1.165) is 25.7 Å². The van der Waals surface area contributed by atoms with Gasteiger partial charge in [-0.25, -0.2) is 0 Å². The van der Waals surface area contributed by atoms with Crippen molar-refractivity contribution in [2.45, 2.75) is 129 Å². The number of hydrogen-bond donors (Lipinski definition) is 0. The summed E-state index contributed by atoms with van der Waals surface area (Å²) in [7, 11) is 0. The molecule has 176 valence electrons. The Labute approximate surface area is 186 Å². The predicted molar refractivity (Wildman–Crippen MR) is 126 cm³/mol. The highest BCUT2D eigenvalue weighted by Crippen LogP contribution is 2.12. The van der Waals surface area contributed by atoms with Crippen LogP contribution in [0, 0.1) is 0 Å². The highest BCUT2D eigenvalue weighted by molar-refractivity contribution is 5.70. The van der Waals surface area contributed by atoms with Crippen molar-refractivity contribution in [3.8, 4) is 0 Å². The summed E-state index contributed by atoms with van der Waals surface area (Å²) in [6.45, 7) is 5.31. The number of allylic oxidation sites excluding steroid dienone is 1.